The molecule has 1 fully saturated rings. The van der Waals surface area contributed by atoms with Gasteiger partial charge in [0.25, 0.3) is 0 Å². The molecular formula is C13H19N3S. The van der Waals surface area contributed by atoms with Crippen LogP contribution in [0.3, 0.4) is 0 Å². The Kier molecular flexibility index (Phi) is 3.94. The van der Waals surface area contributed by atoms with Crippen LogP contribution in [0.2, 0.25) is 0 Å². The molecule has 2 N–H and O–H groups in total. The van der Waals surface area contributed by atoms with Crippen molar-refractivity contribution in [2.45, 2.75) is 25.7 Å². The Balaban J connectivity index is 2.04. The minimum absolute atomic E-state index is 0.362. The van der Waals surface area contributed by atoms with Gasteiger partial charge in [-0.3, -0.25) is 4.98 Å². The average Bonchev–Trinajstić information content (AvgIpc) is 2.82. The van der Waals surface area contributed by atoms with Crippen LogP contribution >= 0.6 is 12.2 Å². The van der Waals surface area contributed by atoms with E-state index in [4.69, 9.17) is 18.0 Å². The lowest BCUT2D eigenvalue weighted by Gasteiger charge is -2.23. The van der Waals surface area contributed by atoms with Crippen LogP contribution in [0.4, 0.5) is 5.69 Å². The van der Waals surface area contributed by atoms with Crippen molar-refractivity contribution in [3.05, 3.63) is 24.0 Å². The molecule has 2 rings (SSSR count). The van der Waals surface area contributed by atoms with Crippen molar-refractivity contribution >= 4 is 22.9 Å². The van der Waals surface area contributed by atoms with Crippen molar-refractivity contribution in [1.29, 1.82) is 0 Å². The Hall–Kier alpha value is -1.16. The Morgan fingerprint density at radius 2 is 2.24 bits per heavy atom. The zero-order chi connectivity index (χ0) is 12.3. The number of hydrogen-bond donors (Lipinski definition) is 1. The van der Waals surface area contributed by atoms with E-state index >= 15 is 0 Å². The summed E-state index contributed by atoms with van der Waals surface area (Å²) in [6.45, 7) is 1.11. The van der Waals surface area contributed by atoms with Gasteiger partial charge in [0.15, 0.2) is 0 Å². The summed E-state index contributed by atoms with van der Waals surface area (Å²) in [5, 5.41) is 0. The molecule has 0 amide bonds. The van der Waals surface area contributed by atoms with E-state index in [0.29, 0.717) is 10.7 Å². The molecule has 1 aliphatic rings. The van der Waals surface area contributed by atoms with E-state index in [0.717, 1.165) is 18.2 Å². The fourth-order valence-corrected chi connectivity index (χ4v) is 2.59. The molecule has 0 unspecified atom stereocenters. The highest BCUT2D eigenvalue weighted by Gasteiger charge is 2.17. The molecule has 0 atom stereocenters. The summed E-state index contributed by atoms with van der Waals surface area (Å²) in [4.78, 5) is 6.80. The zero-order valence-electron chi connectivity index (χ0n) is 10.2. The standard InChI is InChI=1S/C13H19N3S/c1-16(9-10-4-2-3-5-10)11-6-7-15-12(8-11)13(14)17/h6-8,10H,2-5,9H2,1H3,(H2,14,17). The molecule has 0 saturated heterocycles. The van der Waals surface area contributed by atoms with Gasteiger partial charge in [-0.15, -0.1) is 0 Å². The highest BCUT2D eigenvalue weighted by atomic mass is 32.1. The second-order valence-corrected chi connectivity index (χ2v) is 5.23. The van der Waals surface area contributed by atoms with Gasteiger partial charge in [0.05, 0.1) is 5.69 Å². The van der Waals surface area contributed by atoms with E-state index in [1.165, 1.54) is 25.7 Å². The number of nitrogens with two attached hydrogens (primary N) is 1. The van der Waals surface area contributed by atoms with Crippen LogP contribution in [-0.4, -0.2) is 23.6 Å². The first-order valence-corrected chi connectivity index (χ1v) is 6.54. The molecule has 17 heavy (non-hydrogen) atoms. The first-order valence-electron chi connectivity index (χ1n) is 6.14. The molecule has 0 aliphatic heterocycles. The number of thiocarbonyl (C=S) groups is 1. The summed E-state index contributed by atoms with van der Waals surface area (Å²) in [6, 6.07) is 3.98. The summed E-state index contributed by atoms with van der Waals surface area (Å²) in [6.07, 6.45) is 7.25. The SMILES string of the molecule is CN(CC1CCCC1)c1ccnc(C(N)=S)c1. The summed E-state index contributed by atoms with van der Waals surface area (Å²) >= 11 is 4.95. The fraction of sp³-hybridized carbons (Fsp3) is 0.538. The third-order valence-corrected chi connectivity index (χ3v) is 3.65. The topological polar surface area (TPSA) is 42.2 Å². The van der Waals surface area contributed by atoms with Crippen LogP contribution in [0.15, 0.2) is 18.3 Å². The summed E-state index contributed by atoms with van der Waals surface area (Å²) in [5.74, 6) is 0.835. The second kappa shape index (κ2) is 5.45. The first-order chi connectivity index (χ1) is 8.16. The lowest BCUT2D eigenvalue weighted by molar-refractivity contribution is 0.547. The van der Waals surface area contributed by atoms with Gasteiger partial charge < -0.3 is 10.6 Å². The lowest BCUT2D eigenvalue weighted by Crippen LogP contribution is -2.24. The van der Waals surface area contributed by atoms with Crippen LogP contribution in [-0.2, 0) is 0 Å². The summed E-state index contributed by atoms with van der Waals surface area (Å²) in [5.41, 5.74) is 7.45. The minimum atomic E-state index is 0.362. The van der Waals surface area contributed by atoms with Gasteiger partial charge in [0, 0.05) is 25.5 Å². The lowest BCUT2D eigenvalue weighted by atomic mass is 10.1. The number of rotatable bonds is 4. The van der Waals surface area contributed by atoms with Crippen molar-refractivity contribution in [1.82, 2.24) is 4.98 Å². The van der Waals surface area contributed by atoms with Crippen LogP contribution in [0.5, 0.6) is 0 Å². The van der Waals surface area contributed by atoms with Gasteiger partial charge in [0.1, 0.15) is 4.99 Å². The molecule has 0 spiro atoms. The van der Waals surface area contributed by atoms with Crippen LogP contribution in [0.1, 0.15) is 31.4 Å². The molecule has 3 nitrogen and oxygen atoms in total. The van der Waals surface area contributed by atoms with Crippen molar-refractivity contribution in [3.8, 4) is 0 Å². The highest BCUT2D eigenvalue weighted by Crippen LogP contribution is 2.26. The van der Waals surface area contributed by atoms with Gasteiger partial charge in [-0.05, 0) is 30.9 Å². The van der Waals surface area contributed by atoms with E-state index in [9.17, 15) is 0 Å². The number of anilines is 1. The van der Waals surface area contributed by atoms with E-state index in [-0.39, 0.29) is 0 Å². The van der Waals surface area contributed by atoms with Gasteiger partial charge in [0.2, 0.25) is 0 Å². The molecule has 0 aromatic carbocycles. The third-order valence-electron chi connectivity index (χ3n) is 3.44. The predicted molar refractivity (Wildman–Crippen MR) is 75.4 cm³/mol. The molecule has 4 heteroatoms. The Bertz CT molecular complexity index is 399. The first kappa shape index (κ1) is 12.3. The van der Waals surface area contributed by atoms with Crippen LogP contribution in [0.25, 0.3) is 0 Å². The predicted octanol–water partition coefficient (Wildman–Crippen LogP) is 2.34. The number of pyridine rings is 1. The van der Waals surface area contributed by atoms with E-state index in [1.54, 1.807) is 6.20 Å². The van der Waals surface area contributed by atoms with Crippen molar-refractivity contribution in [2.75, 3.05) is 18.5 Å². The highest BCUT2D eigenvalue weighted by molar-refractivity contribution is 7.80. The minimum Gasteiger partial charge on any atom is -0.388 e. The maximum Gasteiger partial charge on any atom is 0.122 e. The van der Waals surface area contributed by atoms with Gasteiger partial charge >= 0.3 is 0 Å². The van der Waals surface area contributed by atoms with Gasteiger partial charge in [-0.2, -0.15) is 0 Å². The summed E-state index contributed by atoms with van der Waals surface area (Å²) in [7, 11) is 2.12. The fourth-order valence-electron chi connectivity index (χ4n) is 2.48. The maximum absolute atomic E-state index is 5.60. The Morgan fingerprint density at radius 1 is 1.53 bits per heavy atom. The number of aromatic nitrogens is 1. The number of nitrogens with zero attached hydrogens (tertiary/aromatic N) is 2. The maximum atomic E-state index is 5.60. The third kappa shape index (κ3) is 3.16. The van der Waals surface area contributed by atoms with E-state index in [2.05, 4.69) is 16.9 Å². The van der Waals surface area contributed by atoms with Crippen molar-refractivity contribution < 1.29 is 0 Å². The van der Waals surface area contributed by atoms with Gasteiger partial charge in [-0.1, -0.05) is 25.1 Å². The molecule has 1 heterocycles. The summed E-state index contributed by atoms with van der Waals surface area (Å²) < 4.78 is 0. The molecular weight excluding hydrogens is 230 g/mol. The molecule has 1 aliphatic carbocycles. The molecule has 0 bridgehead atoms. The quantitative estimate of drug-likeness (QED) is 0.832. The zero-order valence-corrected chi connectivity index (χ0v) is 11.0. The van der Waals surface area contributed by atoms with Crippen LogP contribution < -0.4 is 10.6 Å². The molecule has 1 aromatic heterocycles. The monoisotopic (exact) mass is 249 g/mol. The molecule has 92 valence electrons. The molecule has 1 saturated carbocycles. The largest absolute Gasteiger partial charge is 0.388 e. The normalized spacial score (nSPS) is 16.1. The Morgan fingerprint density at radius 3 is 2.88 bits per heavy atom. The van der Waals surface area contributed by atoms with Crippen LogP contribution in [0, 0.1) is 5.92 Å². The smallest absolute Gasteiger partial charge is 0.122 e. The van der Waals surface area contributed by atoms with Crippen molar-refractivity contribution in [2.24, 2.45) is 11.7 Å². The number of hydrogen-bond acceptors (Lipinski definition) is 3. The average molecular weight is 249 g/mol. The van der Waals surface area contributed by atoms with Crippen molar-refractivity contribution in [3.63, 3.8) is 0 Å². The second-order valence-electron chi connectivity index (χ2n) is 4.79. The Labute approximate surface area is 108 Å². The molecule has 0 radical (unpaired) electrons. The van der Waals surface area contributed by atoms with Gasteiger partial charge in [-0.25, -0.2) is 0 Å². The molecule has 1 aromatic rings. The van der Waals surface area contributed by atoms with E-state index in [1.807, 2.05) is 12.1 Å². The van der Waals surface area contributed by atoms with E-state index < -0.39 is 0 Å².